The van der Waals surface area contributed by atoms with Crippen molar-refractivity contribution in [3.8, 4) is 0 Å². The number of ether oxygens (including phenoxy) is 1. The predicted molar refractivity (Wildman–Crippen MR) is 49.1 cm³/mol. The van der Waals surface area contributed by atoms with Gasteiger partial charge in [0.25, 0.3) is 0 Å². The first-order valence-electron chi connectivity index (χ1n) is 4.26. The molecule has 0 spiro atoms. The summed E-state index contributed by atoms with van der Waals surface area (Å²) < 4.78 is 4.68. The fourth-order valence-corrected chi connectivity index (χ4v) is 0.731. The third-order valence-electron chi connectivity index (χ3n) is 1.25. The van der Waals surface area contributed by atoms with Crippen LogP contribution >= 0.6 is 0 Å². The van der Waals surface area contributed by atoms with E-state index in [9.17, 15) is 9.59 Å². The smallest absolute Gasteiger partial charge is 0.307 e. The normalized spacial score (nSPS) is 10.0. The number of nitrogens with one attached hydrogen (secondary N) is 1. The number of rotatable bonds is 5. The van der Waals surface area contributed by atoms with Crippen molar-refractivity contribution in [2.75, 3.05) is 13.2 Å². The molecule has 0 unspecified atom stereocenters. The van der Waals surface area contributed by atoms with Crippen molar-refractivity contribution in [2.24, 2.45) is 0 Å². The molecule has 1 amide bonds. The molecule has 0 saturated heterocycles. The third-order valence-corrected chi connectivity index (χ3v) is 1.25. The van der Waals surface area contributed by atoms with Gasteiger partial charge in [0, 0.05) is 6.54 Å². The van der Waals surface area contributed by atoms with E-state index >= 15 is 0 Å². The van der Waals surface area contributed by atoms with Crippen molar-refractivity contribution in [1.82, 2.24) is 5.32 Å². The molecule has 13 heavy (non-hydrogen) atoms. The van der Waals surface area contributed by atoms with Gasteiger partial charge in [-0.15, -0.1) is 0 Å². The lowest BCUT2D eigenvalue weighted by Crippen LogP contribution is -2.24. The van der Waals surface area contributed by atoms with Crippen LogP contribution in [0.1, 0.15) is 20.3 Å². The summed E-state index contributed by atoms with van der Waals surface area (Å²) in [6.45, 7) is 4.20. The molecule has 0 aromatic heterocycles. The fourth-order valence-electron chi connectivity index (χ4n) is 0.731. The molecule has 0 atom stereocenters. The van der Waals surface area contributed by atoms with Gasteiger partial charge in [0.2, 0.25) is 5.91 Å². The molecule has 4 nitrogen and oxygen atoms in total. The van der Waals surface area contributed by atoms with Gasteiger partial charge >= 0.3 is 5.97 Å². The number of esters is 1. The standard InChI is InChI=1S/C9H15NO3/c1-3-5-8(11)10-7-6-9(12)13-4-2/h3,5H,4,6-7H2,1-2H3,(H,10,11)/b5-3+. The molecule has 0 rings (SSSR count). The molecule has 1 N–H and O–H groups in total. The molecule has 0 saturated carbocycles. The van der Waals surface area contributed by atoms with E-state index < -0.39 is 0 Å². The highest BCUT2D eigenvalue weighted by atomic mass is 16.5. The van der Waals surface area contributed by atoms with Crippen LogP contribution in [0.25, 0.3) is 0 Å². The highest BCUT2D eigenvalue weighted by molar-refractivity contribution is 5.87. The second kappa shape index (κ2) is 7.34. The van der Waals surface area contributed by atoms with E-state index in [1.807, 2.05) is 0 Å². The summed E-state index contributed by atoms with van der Waals surface area (Å²) in [6, 6.07) is 0. The van der Waals surface area contributed by atoms with Gasteiger partial charge in [-0.05, 0) is 19.9 Å². The molecule has 0 aliphatic heterocycles. The summed E-state index contributed by atoms with van der Waals surface area (Å²) >= 11 is 0. The van der Waals surface area contributed by atoms with Gasteiger partial charge in [-0.2, -0.15) is 0 Å². The minimum atomic E-state index is -0.289. The van der Waals surface area contributed by atoms with Crippen molar-refractivity contribution >= 4 is 11.9 Å². The molecule has 0 aliphatic rings. The summed E-state index contributed by atoms with van der Waals surface area (Å²) in [5, 5.41) is 2.55. The zero-order valence-corrected chi connectivity index (χ0v) is 8.00. The summed E-state index contributed by atoms with van der Waals surface area (Å²) in [6.07, 6.45) is 3.27. The average Bonchev–Trinajstić information content (AvgIpc) is 2.05. The predicted octanol–water partition coefficient (Wildman–Crippen LogP) is 0.632. The Balaban J connectivity index is 3.44. The first kappa shape index (κ1) is 11.7. The van der Waals surface area contributed by atoms with Crippen LogP contribution < -0.4 is 5.32 Å². The van der Waals surface area contributed by atoms with Crippen LogP contribution in [0.4, 0.5) is 0 Å². The maximum Gasteiger partial charge on any atom is 0.307 e. The Hall–Kier alpha value is -1.32. The van der Waals surface area contributed by atoms with Gasteiger partial charge in [0.05, 0.1) is 13.0 Å². The second-order valence-corrected chi connectivity index (χ2v) is 2.35. The number of hydrogen-bond acceptors (Lipinski definition) is 3. The van der Waals surface area contributed by atoms with Crippen LogP contribution in [0, 0.1) is 0 Å². The molecule has 74 valence electrons. The number of hydrogen-bond donors (Lipinski definition) is 1. The molecule has 0 fully saturated rings. The van der Waals surface area contributed by atoms with Crippen molar-refractivity contribution in [3.05, 3.63) is 12.2 Å². The highest BCUT2D eigenvalue weighted by Gasteiger charge is 2.01. The summed E-state index contributed by atoms with van der Waals surface area (Å²) in [5.41, 5.74) is 0. The van der Waals surface area contributed by atoms with E-state index in [1.165, 1.54) is 6.08 Å². The zero-order valence-electron chi connectivity index (χ0n) is 8.00. The lowest BCUT2D eigenvalue weighted by Gasteiger charge is -2.01. The topological polar surface area (TPSA) is 55.4 Å². The summed E-state index contributed by atoms with van der Waals surface area (Å²) in [5.74, 6) is -0.477. The maximum absolute atomic E-state index is 10.8. The number of amides is 1. The van der Waals surface area contributed by atoms with Crippen LogP contribution in [0.5, 0.6) is 0 Å². The lowest BCUT2D eigenvalue weighted by molar-refractivity contribution is -0.142. The van der Waals surface area contributed by atoms with Crippen molar-refractivity contribution in [1.29, 1.82) is 0 Å². The number of allylic oxidation sites excluding steroid dienone is 1. The SMILES string of the molecule is C/C=C/C(=O)NCCC(=O)OCC. The third kappa shape index (κ3) is 7.05. The molecular formula is C9H15NO3. The molecule has 0 bridgehead atoms. The minimum Gasteiger partial charge on any atom is -0.466 e. The number of carbonyl (C=O) groups is 2. The first-order chi connectivity index (χ1) is 6.20. The van der Waals surface area contributed by atoms with E-state index in [2.05, 4.69) is 10.1 Å². The van der Waals surface area contributed by atoms with Gasteiger partial charge in [-0.25, -0.2) is 0 Å². The van der Waals surface area contributed by atoms with Crippen LogP contribution in [-0.4, -0.2) is 25.0 Å². The van der Waals surface area contributed by atoms with Crippen molar-refractivity contribution in [3.63, 3.8) is 0 Å². The van der Waals surface area contributed by atoms with E-state index in [-0.39, 0.29) is 18.3 Å². The van der Waals surface area contributed by atoms with Crippen LogP contribution in [0.3, 0.4) is 0 Å². The Morgan fingerprint density at radius 3 is 2.69 bits per heavy atom. The monoisotopic (exact) mass is 185 g/mol. The molecule has 0 aromatic carbocycles. The van der Waals surface area contributed by atoms with Gasteiger partial charge < -0.3 is 10.1 Å². The van der Waals surface area contributed by atoms with E-state index in [0.717, 1.165) is 0 Å². The maximum atomic E-state index is 10.8. The Kier molecular flexibility index (Phi) is 6.59. The molecule has 0 aromatic rings. The van der Waals surface area contributed by atoms with Gasteiger partial charge in [-0.1, -0.05) is 6.08 Å². The Morgan fingerprint density at radius 1 is 1.46 bits per heavy atom. The lowest BCUT2D eigenvalue weighted by atomic mass is 10.4. The van der Waals surface area contributed by atoms with Crippen LogP contribution in [0.2, 0.25) is 0 Å². The van der Waals surface area contributed by atoms with E-state index in [1.54, 1.807) is 19.9 Å². The molecule has 4 heteroatoms. The highest BCUT2D eigenvalue weighted by Crippen LogP contribution is 1.84. The van der Waals surface area contributed by atoms with Crippen molar-refractivity contribution in [2.45, 2.75) is 20.3 Å². The zero-order chi connectivity index (χ0) is 10.1. The van der Waals surface area contributed by atoms with Gasteiger partial charge in [0.1, 0.15) is 0 Å². The summed E-state index contributed by atoms with van der Waals surface area (Å²) in [4.78, 5) is 21.6. The van der Waals surface area contributed by atoms with Crippen molar-refractivity contribution < 1.29 is 14.3 Å². The Bertz CT molecular complexity index is 199. The molecule has 0 heterocycles. The minimum absolute atomic E-state index is 0.188. The first-order valence-corrected chi connectivity index (χ1v) is 4.26. The van der Waals surface area contributed by atoms with Gasteiger partial charge in [0.15, 0.2) is 0 Å². The Labute approximate surface area is 78.0 Å². The molecular weight excluding hydrogens is 170 g/mol. The van der Waals surface area contributed by atoms with Crippen LogP contribution in [0.15, 0.2) is 12.2 Å². The van der Waals surface area contributed by atoms with E-state index in [0.29, 0.717) is 13.2 Å². The molecule has 0 radical (unpaired) electrons. The largest absolute Gasteiger partial charge is 0.466 e. The average molecular weight is 185 g/mol. The molecule has 0 aliphatic carbocycles. The second-order valence-electron chi connectivity index (χ2n) is 2.35. The van der Waals surface area contributed by atoms with Crippen LogP contribution in [-0.2, 0) is 14.3 Å². The quantitative estimate of drug-likeness (QED) is 0.505. The van der Waals surface area contributed by atoms with Gasteiger partial charge in [-0.3, -0.25) is 9.59 Å². The Morgan fingerprint density at radius 2 is 2.15 bits per heavy atom. The summed E-state index contributed by atoms with van der Waals surface area (Å²) in [7, 11) is 0. The number of carbonyl (C=O) groups excluding carboxylic acids is 2. The van der Waals surface area contributed by atoms with E-state index in [4.69, 9.17) is 0 Å². The fraction of sp³-hybridized carbons (Fsp3) is 0.556.